The predicted molar refractivity (Wildman–Crippen MR) is 78.6 cm³/mol. The number of nitrogens with one attached hydrogen (secondary N) is 2. The van der Waals surface area contributed by atoms with Crippen molar-refractivity contribution >= 4 is 5.91 Å². The van der Waals surface area contributed by atoms with E-state index in [4.69, 9.17) is 14.2 Å². The lowest BCUT2D eigenvalue weighted by atomic mass is 10.2. The zero-order valence-electron chi connectivity index (χ0n) is 12.5. The van der Waals surface area contributed by atoms with Gasteiger partial charge < -0.3 is 24.8 Å². The van der Waals surface area contributed by atoms with Crippen molar-refractivity contribution in [2.75, 3.05) is 33.5 Å². The molecule has 0 radical (unpaired) electrons. The van der Waals surface area contributed by atoms with Crippen molar-refractivity contribution in [1.82, 2.24) is 10.6 Å². The Bertz CT molecular complexity index is 473. The normalized spacial score (nSPS) is 18.1. The fraction of sp³-hybridized carbons (Fsp3) is 0.533. The van der Waals surface area contributed by atoms with Crippen molar-refractivity contribution in [3.05, 3.63) is 23.8 Å². The molecule has 1 fully saturated rings. The van der Waals surface area contributed by atoms with Crippen LogP contribution in [0.4, 0.5) is 0 Å². The van der Waals surface area contributed by atoms with Crippen molar-refractivity contribution in [3.8, 4) is 11.5 Å². The fourth-order valence-corrected chi connectivity index (χ4v) is 2.14. The lowest BCUT2D eigenvalue weighted by Gasteiger charge is -2.23. The third-order valence-corrected chi connectivity index (χ3v) is 3.23. The second-order valence-electron chi connectivity index (χ2n) is 4.72. The summed E-state index contributed by atoms with van der Waals surface area (Å²) in [6.07, 6.45) is 0. The highest BCUT2D eigenvalue weighted by atomic mass is 16.5. The summed E-state index contributed by atoms with van der Waals surface area (Å²) >= 11 is 0. The molecule has 1 amide bonds. The molecule has 0 aliphatic carbocycles. The van der Waals surface area contributed by atoms with E-state index in [0.717, 1.165) is 5.56 Å². The minimum atomic E-state index is -0.275. The van der Waals surface area contributed by atoms with E-state index in [1.165, 1.54) is 0 Å². The Morgan fingerprint density at radius 2 is 2.33 bits per heavy atom. The minimum absolute atomic E-state index is 0.0532. The number of carbonyl (C=O) groups is 1. The van der Waals surface area contributed by atoms with E-state index < -0.39 is 0 Å². The van der Waals surface area contributed by atoms with Gasteiger partial charge in [0.05, 0.1) is 26.9 Å². The number of methoxy groups -OCH3 is 1. The molecule has 6 nitrogen and oxygen atoms in total. The van der Waals surface area contributed by atoms with E-state index in [9.17, 15) is 4.79 Å². The highest BCUT2D eigenvalue weighted by Crippen LogP contribution is 2.27. The van der Waals surface area contributed by atoms with Crippen molar-refractivity contribution in [1.29, 1.82) is 0 Å². The summed E-state index contributed by atoms with van der Waals surface area (Å²) < 4.78 is 16.0. The van der Waals surface area contributed by atoms with E-state index in [2.05, 4.69) is 10.6 Å². The summed E-state index contributed by atoms with van der Waals surface area (Å²) in [6.45, 7) is 4.72. The van der Waals surface area contributed by atoms with Gasteiger partial charge in [-0.1, -0.05) is 6.07 Å². The lowest BCUT2D eigenvalue weighted by molar-refractivity contribution is -0.126. The summed E-state index contributed by atoms with van der Waals surface area (Å²) in [5, 5.41) is 6.02. The third kappa shape index (κ3) is 4.34. The van der Waals surface area contributed by atoms with Gasteiger partial charge >= 0.3 is 0 Å². The van der Waals surface area contributed by atoms with Gasteiger partial charge in [0.2, 0.25) is 5.91 Å². The van der Waals surface area contributed by atoms with Crippen LogP contribution < -0.4 is 20.1 Å². The van der Waals surface area contributed by atoms with E-state index >= 15 is 0 Å². The molecule has 2 N–H and O–H groups in total. The lowest BCUT2D eigenvalue weighted by Crippen LogP contribution is -2.51. The highest BCUT2D eigenvalue weighted by Gasteiger charge is 2.20. The maximum absolute atomic E-state index is 12.0. The van der Waals surface area contributed by atoms with E-state index in [1.54, 1.807) is 7.11 Å². The molecule has 116 valence electrons. The number of morpholine rings is 1. The molecular weight excluding hydrogens is 272 g/mol. The number of amides is 1. The zero-order valence-corrected chi connectivity index (χ0v) is 12.5. The van der Waals surface area contributed by atoms with E-state index in [1.807, 2.05) is 25.1 Å². The van der Waals surface area contributed by atoms with Crippen molar-refractivity contribution in [2.45, 2.75) is 19.5 Å². The standard InChI is InChI=1S/C15H22N2O4/c1-3-21-13-5-4-11(8-14(13)19-2)9-17-15(18)12-10-20-7-6-16-12/h4-5,8,12,16H,3,6-7,9-10H2,1-2H3,(H,17,18). The van der Waals surface area contributed by atoms with Gasteiger partial charge in [-0.15, -0.1) is 0 Å². The van der Waals surface area contributed by atoms with Crippen LogP contribution >= 0.6 is 0 Å². The first kappa shape index (κ1) is 15.6. The molecule has 6 heteroatoms. The first-order valence-electron chi connectivity index (χ1n) is 7.13. The first-order chi connectivity index (χ1) is 10.2. The number of hydrogen-bond acceptors (Lipinski definition) is 5. The molecule has 1 atom stereocenters. The van der Waals surface area contributed by atoms with Gasteiger partial charge in [0.1, 0.15) is 6.04 Å². The van der Waals surface area contributed by atoms with Gasteiger partial charge in [-0.05, 0) is 24.6 Å². The summed E-state index contributed by atoms with van der Waals surface area (Å²) in [6, 6.07) is 5.36. The van der Waals surface area contributed by atoms with Crippen molar-refractivity contribution in [3.63, 3.8) is 0 Å². The number of benzene rings is 1. The highest BCUT2D eigenvalue weighted by molar-refractivity contribution is 5.82. The molecule has 0 bridgehead atoms. The Kier molecular flexibility index (Phi) is 5.83. The van der Waals surface area contributed by atoms with Crippen LogP contribution in [-0.2, 0) is 16.1 Å². The van der Waals surface area contributed by atoms with Gasteiger partial charge in [0.25, 0.3) is 0 Å². The molecule has 1 aliphatic rings. The number of rotatable bonds is 6. The summed E-state index contributed by atoms with van der Waals surface area (Å²) in [4.78, 5) is 12.0. The Balaban J connectivity index is 1.91. The monoisotopic (exact) mass is 294 g/mol. The molecule has 2 rings (SSSR count). The summed E-state index contributed by atoms with van der Waals surface area (Å²) in [5.74, 6) is 1.32. The smallest absolute Gasteiger partial charge is 0.239 e. The second kappa shape index (κ2) is 7.85. The third-order valence-electron chi connectivity index (χ3n) is 3.23. The Hall–Kier alpha value is -1.79. The fourth-order valence-electron chi connectivity index (χ4n) is 2.14. The zero-order chi connectivity index (χ0) is 15.1. The molecule has 0 aromatic heterocycles. The number of ether oxygens (including phenoxy) is 3. The van der Waals surface area contributed by atoms with Gasteiger partial charge in [-0.2, -0.15) is 0 Å². The van der Waals surface area contributed by atoms with Gasteiger partial charge in [0.15, 0.2) is 11.5 Å². The van der Waals surface area contributed by atoms with Gasteiger partial charge in [0, 0.05) is 13.1 Å². The molecule has 1 saturated heterocycles. The van der Waals surface area contributed by atoms with E-state index in [0.29, 0.717) is 44.4 Å². The summed E-state index contributed by atoms with van der Waals surface area (Å²) in [7, 11) is 1.60. The van der Waals surface area contributed by atoms with Crippen molar-refractivity contribution < 1.29 is 19.0 Å². The largest absolute Gasteiger partial charge is 0.493 e. The van der Waals surface area contributed by atoms with Crippen LogP contribution in [0.15, 0.2) is 18.2 Å². The maximum Gasteiger partial charge on any atom is 0.239 e. The van der Waals surface area contributed by atoms with Crippen LogP contribution in [0.2, 0.25) is 0 Å². The van der Waals surface area contributed by atoms with Crippen LogP contribution in [-0.4, -0.2) is 45.4 Å². The predicted octanol–water partition coefficient (Wildman–Crippen LogP) is 0.699. The number of carbonyl (C=O) groups excluding carboxylic acids is 1. The average Bonchev–Trinajstić information content (AvgIpc) is 2.54. The first-order valence-corrected chi connectivity index (χ1v) is 7.13. The SMILES string of the molecule is CCOc1ccc(CNC(=O)C2COCCN2)cc1OC. The molecule has 0 spiro atoms. The topological polar surface area (TPSA) is 68.8 Å². The molecule has 0 saturated carbocycles. The van der Waals surface area contributed by atoms with Crippen LogP contribution in [0.3, 0.4) is 0 Å². The molecule has 21 heavy (non-hydrogen) atoms. The molecular formula is C15H22N2O4. The minimum Gasteiger partial charge on any atom is -0.493 e. The van der Waals surface area contributed by atoms with Crippen LogP contribution in [0.5, 0.6) is 11.5 Å². The Morgan fingerprint density at radius 1 is 1.48 bits per heavy atom. The molecule has 1 heterocycles. The van der Waals surface area contributed by atoms with Crippen LogP contribution in [0.1, 0.15) is 12.5 Å². The Labute approximate surface area is 124 Å². The van der Waals surface area contributed by atoms with E-state index in [-0.39, 0.29) is 11.9 Å². The van der Waals surface area contributed by atoms with Gasteiger partial charge in [-0.25, -0.2) is 0 Å². The van der Waals surface area contributed by atoms with Crippen LogP contribution in [0.25, 0.3) is 0 Å². The maximum atomic E-state index is 12.0. The Morgan fingerprint density at radius 3 is 3.00 bits per heavy atom. The quantitative estimate of drug-likeness (QED) is 0.808. The summed E-state index contributed by atoms with van der Waals surface area (Å²) in [5.41, 5.74) is 0.959. The number of hydrogen-bond donors (Lipinski definition) is 2. The molecule has 1 aliphatic heterocycles. The van der Waals surface area contributed by atoms with Crippen molar-refractivity contribution in [2.24, 2.45) is 0 Å². The molecule has 1 aromatic rings. The molecule has 1 aromatic carbocycles. The second-order valence-corrected chi connectivity index (χ2v) is 4.72. The van der Waals surface area contributed by atoms with Crippen LogP contribution in [0, 0.1) is 0 Å². The van der Waals surface area contributed by atoms with Gasteiger partial charge in [-0.3, -0.25) is 4.79 Å². The molecule has 1 unspecified atom stereocenters. The average molecular weight is 294 g/mol.